The molecule has 1 aliphatic heterocycles. The van der Waals surface area contributed by atoms with Gasteiger partial charge in [-0.3, -0.25) is 19.4 Å². The van der Waals surface area contributed by atoms with Crippen LogP contribution in [-0.4, -0.2) is 76.9 Å². The zero-order valence-corrected chi connectivity index (χ0v) is 21.3. The van der Waals surface area contributed by atoms with E-state index in [1.165, 1.54) is 4.90 Å². The number of nitrogens with one attached hydrogen (secondary N) is 2. The Labute approximate surface area is 207 Å². The van der Waals surface area contributed by atoms with Crippen molar-refractivity contribution in [2.45, 2.75) is 90.4 Å². The Kier molecular flexibility index (Phi) is 12.5. The molecule has 1 fully saturated rings. The van der Waals surface area contributed by atoms with E-state index >= 15 is 0 Å². The largest absolute Gasteiger partial charge is 0.480 e. The predicted octanol–water partition coefficient (Wildman–Crippen LogP) is -0.495. The number of aliphatic imine (C=N–C) groups is 1. The van der Waals surface area contributed by atoms with Crippen molar-refractivity contribution >= 4 is 29.7 Å². The van der Waals surface area contributed by atoms with Crippen LogP contribution in [0.3, 0.4) is 0 Å². The third-order valence-electron chi connectivity index (χ3n) is 6.73. The lowest BCUT2D eigenvalue weighted by Crippen LogP contribution is -2.58. The Morgan fingerprint density at radius 3 is 2.26 bits per heavy atom. The third kappa shape index (κ3) is 9.00. The minimum atomic E-state index is -1.19. The summed E-state index contributed by atoms with van der Waals surface area (Å²) in [5.74, 6) is -2.86. The molecule has 0 radical (unpaired) electrons. The number of nitrogens with two attached hydrogens (primary N) is 3. The number of carboxylic acid groups (broad SMARTS) is 1. The van der Waals surface area contributed by atoms with E-state index in [0.717, 1.165) is 6.42 Å². The molecule has 0 saturated carbocycles. The van der Waals surface area contributed by atoms with Gasteiger partial charge in [-0.1, -0.05) is 40.5 Å². The summed E-state index contributed by atoms with van der Waals surface area (Å²) in [5, 5.41) is 14.8. The van der Waals surface area contributed by atoms with Crippen molar-refractivity contribution in [3.8, 4) is 0 Å². The predicted molar refractivity (Wildman–Crippen MR) is 133 cm³/mol. The van der Waals surface area contributed by atoms with Crippen LogP contribution in [0.2, 0.25) is 0 Å². The van der Waals surface area contributed by atoms with Gasteiger partial charge in [0.2, 0.25) is 17.7 Å². The fraction of sp³-hybridized carbons (Fsp3) is 0.783. The quantitative estimate of drug-likeness (QED) is 0.104. The molecule has 6 unspecified atom stereocenters. The van der Waals surface area contributed by atoms with Gasteiger partial charge >= 0.3 is 5.97 Å². The Hall–Kier alpha value is -2.89. The second kappa shape index (κ2) is 14.5. The van der Waals surface area contributed by atoms with Gasteiger partial charge in [0.15, 0.2) is 5.96 Å². The summed E-state index contributed by atoms with van der Waals surface area (Å²) in [5.41, 5.74) is 16.7. The number of guanidine groups is 1. The van der Waals surface area contributed by atoms with Gasteiger partial charge in [0.25, 0.3) is 0 Å². The lowest BCUT2D eigenvalue weighted by molar-refractivity contribution is -0.143. The molecule has 0 spiro atoms. The first-order chi connectivity index (χ1) is 16.4. The first kappa shape index (κ1) is 30.1. The molecule has 1 saturated heterocycles. The Bertz CT molecular complexity index is 771. The summed E-state index contributed by atoms with van der Waals surface area (Å²) in [6.07, 6.45) is 2.93. The Balaban J connectivity index is 2.91. The van der Waals surface area contributed by atoms with Crippen LogP contribution in [0.25, 0.3) is 0 Å². The van der Waals surface area contributed by atoms with Crippen LogP contribution >= 0.6 is 0 Å². The average molecular weight is 498 g/mol. The van der Waals surface area contributed by atoms with E-state index in [0.29, 0.717) is 32.2 Å². The summed E-state index contributed by atoms with van der Waals surface area (Å²) in [4.78, 5) is 56.1. The van der Waals surface area contributed by atoms with Gasteiger partial charge in [-0.2, -0.15) is 0 Å². The first-order valence-corrected chi connectivity index (χ1v) is 12.4. The highest BCUT2D eigenvalue weighted by Gasteiger charge is 2.39. The Morgan fingerprint density at radius 1 is 1.09 bits per heavy atom. The molecule has 1 rings (SSSR count). The van der Waals surface area contributed by atoms with E-state index < -0.39 is 42.0 Å². The standard InChI is InChI=1S/C23H43N7O5/c1-5-13(3)17(24)21(33)30-12-8-10-16(30)19(31)29-18(14(4)6-2)20(32)28-15(22(34)35)9-7-11-27-23(25)26/h13-18H,5-12,24H2,1-4H3,(H,28,32)(H,29,31)(H,34,35)(H4,25,26,27). The third-order valence-corrected chi connectivity index (χ3v) is 6.73. The van der Waals surface area contributed by atoms with Crippen LogP contribution in [0.5, 0.6) is 0 Å². The van der Waals surface area contributed by atoms with E-state index in [1.807, 2.05) is 20.8 Å². The summed E-state index contributed by atoms with van der Waals surface area (Å²) in [7, 11) is 0. The second-order valence-electron chi connectivity index (χ2n) is 9.32. The zero-order valence-electron chi connectivity index (χ0n) is 21.3. The summed E-state index contributed by atoms with van der Waals surface area (Å²) < 4.78 is 0. The lowest BCUT2D eigenvalue weighted by Gasteiger charge is -2.31. The van der Waals surface area contributed by atoms with E-state index in [-0.39, 0.29) is 36.7 Å². The number of likely N-dealkylation sites (tertiary alicyclic amines) is 1. The van der Waals surface area contributed by atoms with Gasteiger partial charge in [0, 0.05) is 13.1 Å². The minimum absolute atomic E-state index is 0.0228. The van der Waals surface area contributed by atoms with Gasteiger partial charge in [-0.25, -0.2) is 4.79 Å². The molecule has 0 aromatic carbocycles. The fourth-order valence-corrected chi connectivity index (χ4v) is 3.97. The van der Waals surface area contributed by atoms with Crippen LogP contribution in [0.4, 0.5) is 0 Å². The van der Waals surface area contributed by atoms with Crippen LogP contribution < -0.4 is 27.8 Å². The van der Waals surface area contributed by atoms with Crippen LogP contribution in [0.1, 0.15) is 66.2 Å². The minimum Gasteiger partial charge on any atom is -0.480 e. The number of carbonyl (C=O) groups excluding carboxylic acids is 3. The molecule has 0 aromatic heterocycles. The molecule has 0 bridgehead atoms. The number of hydrogen-bond acceptors (Lipinski definition) is 6. The maximum Gasteiger partial charge on any atom is 0.326 e. The number of nitrogens with zero attached hydrogens (tertiary/aromatic N) is 2. The molecule has 1 aliphatic rings. The van der Waals surface area contributed by atoms with Crippen molar-refractivity contribution in [3.05, 3.63) is 0 Å². The van der Waals surface area contributed by atoms with Crippen molar-refractivity contribution in [1.82, 2.24) is 15.5 Å². The lowest BCUT2D eigenvalue weighted by atomic mass is 9.96. The molecular formula is C23H43N7O5. The maximum absolute atomic E-state index is 13.2. The number of carboxylic acids is 1. The molecule has 35 heavy (non-hydrogen) atoms. The monoisotopic (exact) mass is 497 g/mol. The topological polar surface area (TPSA) is 206 Å². The smallest absolute Gasteiger partial charge is 0.326 e. The molecule has 12 nitrogen and oxygen atoms in total. The van der Waals surface area contributed by atoms with Gasteiger partial charge in [0.1, 0.15) is 18.1 Å². The number of aliphatic carboxylic acids is 1. The normalized spacial score (nSPS) is 19.7. The molecule has 12 heteroatoms. The summed E-state index contributed by atoms with van der Waals surface area (Å²) >= 11 is 0. The van der Waals surface area contributed by atoms with Gasteiger partial charge in [0.05, 0.1) is 6.04 Å². The molecular weight excluding hydrogens is 454 g/mol. The van der Waals surface area contributed by atoms with E-state index in [4.69, 9.17) is 17.2 Å². The highest BCUT2D eigenvalue weighted by atomic mass is 16.4. The van der Waals surface area contributed by atoms with Gasteiger partial charge in [-0.15, -0.1) is 0 Å². The molecule has 6 atom stereocenters. The number of hydrogen-bond donors (Lipinski definition) is 6. The van der Waals surface area contributed by atoms with Crippen molar-refractivity contribution in [2.24, 2.45) is 34.0 Å². The van der Waals surface area contributed by atoms with Crippen LogP contribution in [0, 0.1) is 11.8 Å². The SMILES string of the molecule is CCC(C)C(N)C(=O)N1CCCC1C(=O)NC(C(=O)NC(CCCN=C(N)N)C(=O)O)C(C)CC. The molecule has 200 valence electrons. The number of amides is 3. The van der Waals surface area contributed by atoms with Crippen LogP contribution in [-0.2, 0) is 19.2 Å². The molecule has 3 amide bonds. The zero-order chi connectivity index (χ0) is 26.7. The van der Waals surface area contributed by atoms with Crippen LogP contribution in [0.15, 0.2) is 4.99 Å². The van der Waals surface area contributed by atoms with Crippen molar-refractivity contribution in [1.29, 1.82) is 0 Å². The molecule has 0 aromatic rings. The maximum atomic E-state index is 13.2. The van der Waals surface area contributed by atoms with Crippen molar-refractivity contribution < 1.29 is 24.3 Å². The summed E-state index contributed by atoms with van der Waals surface area (Å²) in [6, 6.07) is -3.52. The van der Waals surface area contributed by atoms with Crippen molar-refractivity contribution in [2.75, 3.05) is 13.1 Å². The molecule has 9 N–H and O–H groups in total. The number of rotatable bonds is 14. The van der Waals surface area contributed by atoms with E-state index in [1.54, 1.807) is 6.92 Å². The second-order valence-corrected chi connectivity index (χ2v) is 9.32. The Morgan fingerprint density at radius 2 is 1.71 bits per heavy atom. The van der Waals surface area contributed by atoms with Gasteiger partial charge < -0.3 is 37.8 Å². The highest BCUT2D eigenvalue weighted by Crippen LogP contribution is 2.21. The number of carbonyl (C=O) groups is 4. The van der Waals surface area contributed by atoms with E-state index in [2.05, 4.69) is 15.6 Å². The van der Waals surface area contributed by atoms with E-state index in [9.17, 15) is 24.3 Å². The van der Waals surface area contributed by atoms with Gasteiger partial charge in [-0.05, 0) is 37.5 Å². The average Bonchev–Trinajstić information content (AvgIpc) is 3.31. The highest BCUT2D eigenvalue weighted by molar-refractivity contribution is 5.94. The van der Waals surface area contributed by atoms with Crippen molar-refractivity contribution in [3.63, 3.8) is 0 Å². The fourth-order valence-electron chi connectivity index (χ4n) is 3.97. The summed E-state index contributed by atoms with van der Waals surface area (Å²) in [6.45, 7) is 8.18. The molecule has 0 aliphatic carbocycles. The first-order valence-electron chi connectivity index (χ1n) is 12.4. The molecule has 1 heterocycles.